The van der Waals surface area contributed by atoms with E-state index in [1.165, 1.54) is 5.56 Å². The third-order valence-corrected chi connectivity index (χ3v) is 2.70. The van der Waals surface area contributed by atoms with Crippen molar-refractivity contribution in [3.05, 3.63) is 41.8 Å². The van der Waals surface area contributed by atoms with E-state index < -0.39 is 0 Å². The molecule has 0 unspecified atom stereocenters. The molecule has 96 valence electrons. The van der Waals surface area contributed by atoms with Gasteiger partial charge in [0.1, 0.15) is 0 Å². The average molecular weight is 246 g/mol. The molecule has 2 aromatic rings. The maximum absolute atomic E-state index is 5.51. The molecule has 18 heavy (non-hydrogen) atoms. The van der Waals surface area contributed by atoms with Crippen LogP contribution in [0.2, 0.25) is 0 Å². The molecule has 0 atom stereocenters. The Labute approximate surface area is 107 Å². The second-order valence-electron chi connectivity index (χ2n) is 4.39. The van der Waals surface area contributed by atoms with E-state index in [2.05, 4.69) is 41.1 Å². The summed E-state index contributed by atoms with van der Waals surface area (Å²) in [5.41, 5.74) is 6.68. The highest BCUT2D eigenvalue weighted by molar-refractivity contribution is 5.29. The van der Waals surface area contributed by atoms with Gasteiger partial charge in [-0.2, -0.15) is 0 Å². The summed E-state index contributed by atoms with van der Waals surface area (Å²) in [6, 6.07) is 11.0. The van der Waals surface area contributed by atoms with Crippen molar-refractivity contribution in [2.75, 3.05) is 4.90 Å². The highest BCUT2D eigenvalue weighted by Crippen LogP contribution is 2.18. The summed E-state index contributed by atoms with van der Waals surface area (Å²) < 4.78 is 5.51. The van der Waals surface area contributed by atoms with Gasteiger partial charge in [-0.25, -0.2) is 0 Å². The fourth-order valence-electron chi connectivity index (χ4n) is 1.69. The number of hydrogen-bond donors (Lipinski definition) is 1. The molecule has 0 aliphatic rings. The van der Waals surface area contributed by atoms with Crippen LogP contribution >= 0.6 is 0 Å². The number of aromatic nitrogens is 2. The third-order valence-electron chi connectivity index (χ3n) is 2.70. The molecule has 0 saturated heterocycles. The van der Waals surface area contributed by atoms with Crippen molar-refractivity contribution in [1.29, 1.82) is 0 Å². The molecule has 0 radical (unpaired) electrons. The highest BCUT2D eigenvalue weighted by atomic mass is 16.4. The molecule has 0 spiro atoms. The summed E-state index contributed by atoms with van der Waals surface area (Å²) >= 11 is 0. The molecule has 0 aliphatic heterocycles. The van der Waals surface area contributed by atoms with Crippen molar-refractivity contribution < 1.29 is 4.42 Å². The lowest BCUT2D eigenvalue weighted by Gasteiger charge is -2.24. The lowest BCUT2D eigenvalue weighted by atomic mass is 10.2. The second kappa shape index (κ2) is 5.64. The number of hydrogen-bond acceptors (Lipinski definition) is 5. The van der Waals surface area contributed by atoms with Crippen LogP contribution in [-0.4, -0.2) is 16.2 Å². The van der Waals surface area contributed by atoms with E-state index in [9.17, 15) is 0 Å². The number of anilines is 1. The average Bonchev–Trinajstić information content (AvgIpc) is 2.85. The number of nitrogens with two attached hydrogens (primary N) is 1. The Morgan fingerprint density at radius 1 is 1.22 bits per heavy atom. The Morgan fingerprint density at radius 3 is 2.50 bits per heavy atom. The van der Waals surface area contributed by atoms with Gasteiger partial charge in [-0.1, -0.05) is 35.4 Å². The first kappa shape index (κ1) is 12.6. The standard InChI is InChI=1S/C13H18N4O/c1-10(2)17(9-11-6-4-3-5-7-11)13-16-15-12(8-14)18-13/h3-7,10H,8-9,14H2,1-2H3. The van der Waals surface area contributed by atoms with Crippen molar-refractivity contribution in [2.45, 2.75) is 33.0 Å². The van der Waals surface area contributed by atoms with Crippen LogP contribution in [0.4, 0.5) is 6.01 Å². The van der Waals surface area contributed by atoms with Crippen LogP contribution in [0.15, 0.2) is 34.7 Å². The molecule has 0 bridgehead atoms. The van der Waals surface area contributed by atoms with Crippen LogP contribution in [0, 0.1) is 0 Å². The van der Waals surface area contributed by atoms with Gasteiger partial charge < -0.3 is 15.1 Å². The van der Waals surface area contributed by atoms with Gasteiger partial charge in [0.2, 0.25) is 5.89 Å². The molecular formula is C13H18N4O. The zero-order valence-corrected chi connectivity index (χ0v) is 10.7. The SMILES string of the molecule is CC(C)N(Cc1ccccc1)c1nnc(CN)o1. The lowest BCUT2D eigenvalue weighted by Crippen LogP contribution is -2.30. The fraction of sp³-hybridized carbons (Fsp3) is 0.385. The molecule has 2 rings (SSSR count). The van der Waals surface area contributed by atoms with Gasteiger partial charge >= 0.3 is 6.01 Å². The van der Waals surface area contributed by atoms with Gasteiger partial charge in [0, 0.05) is 12.6 Å². The Balaban J connectivity index is 2.18. The Morgan fingerprint density at radius 2 is 1.94 bits per heavy atom. The molecule has 1 aromatic carbocycles. The Hall–Kier alpha value is -1.88. The lowest BCUT2D eigenvalue weighted by molar-refractivity contribution is 0.470. The van der Waals surface area contributed by atoms with Crippen LogP contribution in [0.5, 0.6) is 0 Å². The van der Waals surface area contributed by atoms with Crippen LogP contribution in [0.25, 0.3) is 0 Å². The monoisotopic (exact) mass is 246 g/mol. The molecule has 1 heterocycles. The van der Waals surface area contributed by atoms with Crippen molar-refractivity contribution in [1.82, 2.24) is 10.2 Å². The number of benzene rings is 1. The van der Waals surface area contributed by atoms with E-state index in [4.69, 9.17) is 10.2 Å². The van der Waals surface area contributed by atoms with Gasteiger partial charge in [0.15, 0.2) is 0 Å². The smallest absolute Gasteiger partial charge is 0.318 e. The molecule has 5 heteroatoms. The van der Waals surface area contributed by atoms with E-state index in [0.717, 1.165) is 6.54 Å². The molecule has 0 fully saturated rings. The maximum atomic E-state index is 5.51. The van der Waals surface area contributed by atoms with Gasteiger partial charge in [0.05, 0.1) is 6.54 Å². The Bertz CT molecular complexity index is 481. The first-order valence-electron chi connectivity index (χ1n) is 6.03. The second-order valence-corrected chi connectivity index (χ2v) is 4.39. The predicted octanol–water partition coefficient (Wildman–Crippen LogP) is 1.94. The molecule has 0 amide bonds. The van der Waals surface area contributed by atoms with Gasteiger partial charge in [-0.15, -0.1) is 5.10 Å². The van der Waals surface area contributed by atoms with Crippen molar-refractivity contribution in [3.63, 3.8) is 0 Å². The molecule has 1 aromatic heterocycles. The van der Waals surface area contributed by atoms with Gasteiger partial charge in [0.25, 0.3) is 0 Å². The summed E-state index contributed by atoms with van der Waals surface area (Å²) in [5.74, 6) is 0.462. The van der Waals surface area contributed by atoms with Crippen LogP contribution in [0.3, 0.4) is 0 Å². The molecule has 5 nitrogen and oxygen atoms in total. The summed E-state index contributed by atoms with van der Waals surface area (Å²) in [5, 5.41) is 7.93. The quantitative estimate of drug-likeness (QED) is 0.873. The van der Waals surface area contributed by atoms with E-state index in [-0.39, 0.29) is 12.6 Å². The maximum Gasteiger partial charge on any atom is 0.318 e. The first-order chi connectivity index (χ1) is 8.70. The Kier molecular flexibility index (Phi) is 3.94. The van der Waals surface area contributed by atoms with Crippen LogP contribution < -0.4 is 10.6 Å². The van der Waals surface area contributed by atoms with Crippen LogP contribution in [-0.2, 0) is 13.1 Å². The van der Waals surface area contributed by atoms with E-state index in [0.29, 0.717) is 11.9 Å². The molecule has 0 saturated carbocycles. The fourth-order valence-corrected chi connectivity index (χ4v) is 1.69. The summed E-state index contributed by atoms with van der Waals surface area (Å²) in [4.78, 5) is 2.06. The zero-order valence-electron chi connectivity index (χ0n) is 10.7. The molecule has 0 aliphatic carbocycles. The molecular weight excluding hydrogens is 228 g/mol. The normalized spacial score (nSPS) is 10.9. The van der Waals surface area contributed by atoms with E-state index >= 15 is 0 Å². The van der Waals surface area contributed by atoms with E-state index in [1.54, 1.807) is 0 Å². The van der Waals surface area contributed by atoms with Crippen molar-refractivity contribution in [2.24, 2.45) is 5.73 Å². The summed E-state index contributed by atoms with van der Waals surface area (Å²) in [6.45, 7) is 5.19. The van der Waals surface area contributed by atoms with Crippen molar-refractivity contribution >= 4 is 6.01 Å². The minimum absolute atomic E-state index is 0.268. The van der Waals surface area contributed by atoms with Gasteiger partial charge in [-0.05, 0) is 19.4 Å². The highest BCUT2D eigenvalue weighted by Gasteiger charge is 2.17. The first-order valence-corrected chi connectivity index (χ1v) is 6.03. The zero-order chi connectivity index (χ0) is 13.0. The molecule has 2 N–H and O–H groups in total. The summed E-state index contributed by atoms with van der Waals surface area (Å²) in [7, 11) is 0. The third kappa shape index (κ3) is 2.87. The number of rotatable bonds is 5. The minimum atomic E-state index is 0.268. The van der Waals surface area contributed by atoms with Crippen LogP contribution in [0.1, 0.15) is 25.3 Å². The predicted molar refractivity (Wildman–Crippen MR) is 70.0 cm³/mol. The minimum Gasteiger partial charge on any atom is -0.407 e. The topological polar surface area (TPSA) is 68.2 Å². The van der Waals surface area contributed by atoms with Gasteiger partial charge in [-0.3, -0.25) is 0 Å². The largest absolute Gasteiger partial charge is 0.407 e. The van der Waals surface area contributed by atoms with E-state index in [1.807, 2.05) is 18.2 Å². The number of nitrogens with zero attached hydrogens (tertiary/aromatic N) is 3. The van der Waals surface area contributed by atoms with Crippen molar-refractivity contribution in [3.8, 4) is 0 Å². The summed E-state index contributed by atoms with van der Waals surface area (Å²) in [6.07, 6.45) is 0.